The van der Waals surface area contributed by atoms with E-state index in [1.54, 1.807) is 0 Å². The van der Waals surface area contributed by atoms with E-state index in [0.29, 0.717) is 0 Å². The minimum atomic E-state index is -1.47. The van der Waals surface area contributed by atoms with E-state index in [1.807, 2.05) is 0 Å². The largest absolute Gasteiger partial charge is 0.455 e. The van der Waals surface area contributed by atoms with Crippen LogP contribution >= 0.6 is 0 Å². The van der Waals surface area contributed by atoms with Crippen molar-refractivity contribution in [3.63, 3.8) is 0 Å². The van der Waals surface area contributed by atoms with Crippen molar-refractivity contribution in [2.45, 2.75) is 52.5 Å². The zero-order valence-corrected chi connectivity index (χ0v) is 14.0. The van der Waals surface area contributed by atoms with E-state index in [2.05, 4.69) is 44.6 Å². The number of rotatable bonds is 4. The Hall–Kier alpha value is 0.354. The molecular formula is C12H29NOSi2. The molecule has 16 heavy (non-hydrogen) atoms. The summed E-state index contributed by atoms with van der Waals surface area (Å²) >= 11 is 0. The fourth-order valence-electron chi connectivity index (χ4n) is 2.83. The summed E-state index contributed by atoms with van der Waals surface area (Å²) in [5, 5.41) is 0. The summed E-state index contributed by atoms with van der Waals surface area (Å²) in [7, 11) is -2.83. The predicted molar refractivity (Wildman–Crippen MR) is 76.8 cm³/mol. The topological polar surface area (TPSA) is 12.5 Å². The fraction of sp³-hybridized carbons (Fsp3) is 1.00. The van der Waals surface area contributed by atoms with Crippen LogP contribution in [-0.4, -0.2) is 40.8 Å². The summed E-state index contributed by atoms with van der Waals surface area (Å²) in [4.78, 5) is 2.64. The van der Waals surface area contributed by atoms with Crippen LogP contribution in [0, 0.1) is 5.92 Å². The minimum Gasteiger partial charge on any atom is -0.455 e. The minimum absolute atomic E-state index is 0.880. The van der Waals surface area contributed by atoms with E-state index in [4.69, 9.17) is 4.12 Å². The zero-order chi connectivity index (χ0) is 12.4. The first-order valence-corrected chi connectivity index (χ1v) is 13.1. The van der Waals surface area contributed by atoms with Crippen LogP contribution in [0.1, 0.15) is 19.8 Å². The second-order valence-corrected chi connectivity index (χ2v) is 15.8. The molecule has 0 bridgehead atoms. The third kappa shape index (κ3) is 5.61. The van der Waals surface area contributed by atoms with Gasteiger partial charge in [-0.05, 0) is 58.0 Å². The van der Waals surface area contributed by atoms with Gasteiger partial charge < -0.3 is 9.02 Å². The normalized spacial score (nSPS) is 24.8. The van der Waals surface area contributed by atoms with Crippen molar-refractivity contribution in [2.75, 3.05) is 19.3 Å². The Kier molecular flexibility index (Phi) is 4.81. The molecule has 1 aliphatic heterocycles. The van der Waals surface area contributed by atoms with Gasteiger partial charge in [-0.3, -0.25) is 0 Å². The number of likely N-dealkylation sites (tertiary alicyclic amines) is 1. The molecule has 1 rings (SSSR count). The van der Waals surface area contributed by atoms with Gasteiger partial charge in [0.25, 0.3) is 0 Å². The van der Waals surface area contributed by atoms with E-state index in [9.17, 15) is 0 Å². The third-order valence-electron chi connectivity index (χ3n) is 2.93. The Balaban J connectivity index is 2.45. The Morgan fingerprint density at radius 1 is 1.19 bits per heavy atom. The van der Waals surface area contributed by atoms with Gasteiger partial charge in [-0.25, -0.2) is 0 Å². The second-order valence-electron chi connectivity index (χ2n) is 6.96. The van der Waals surface area contributed by atoms with Gasteiger partial charge in [0, 0.05) is 12.7 Å². The lowest BCUT2D eigenvalue weighted by atomic mass is 10.0. The molecule has 1 unspecified atom stereocenters. The van der Waals surface area contributed by atoms with Crippen molar-refractivity contribution in [3.8, 4) is 0 Å². The molecule has 0 aromatic heterocycles. The lowest BCUT2D eigenvalue weighted by Gasteiger charge is -2.38. The summed E-state index contributed by atoms with van der Waals surface area (Å²) in [6, 6.07) is 0. The maximum atomic E-state index is 6.40. The van der Waals surface area contributed by atoms with Gasteiger partial charge in [0.1, 0.15) is 0 Å². The summed E-state index contributed by atoms with van der Waals surface area (Å²) in [5.74, 6) is 0.880. The van der Waals surface area contributed by atoms with Gasteiger partial charge in [-0.15, -0.1) is 0 Å². The second kappa shape index (κ2) is 5.33. The van der Waals surface area contributed by atoms with E-state index >= 15 is 0 Å². The summed E-state index contributed by atoms with van der Waals surface area (Å²) in [6.45, 7) is 16.6. The van der Waals surface area contributed by atoms with Crippen molar-refractivity contribution >= 4 is 16.6 Å². The maximum absolute atomic E-state index is 6.40. The monoisotopic (exact) mass is 259 g/mol. The van der Waals surface area contributed by atoms with Crippen LogP contribution in [0.3, 0.4) is 0 Å². The molecule has 4 heteroatoms. The maximum Gasteiger partial charge on any atom is 0.187 e. The van der Waals surface area contributed by atoms with Gasteiger partial charge in [-0.1, -0.05) is 6.92 Å². The molecule has 0 aromatic rings. The van der Waals surface area contributed by atoms with E-state index in [1.165, 1.54) is 32.1 Å². The van der Waals surface area contributed by atoms with Gasteiger partial charge in [0.2, 0.25) is 0 Å². The molecule has 1 aliphatic rings. The average Bonchev–Trinajstić information content (AvgIpc) is 1.96. The van der Waals surface area contributed by atoms with Gasteiger partial charge in [0.15, 0.2) is 16.6 Å². The fourth-order valence-corrected chi connectivity index (χ4v) is 11.1. The van der Waals surface area contributed by atoms with Crippen LogP contribution in [0.2, 0.25) is 32.7 Å². The molecule has 2 nitrogen and oxygen atoms in total. The number of nitrogens with zero attached hydrogens (tertiary/aromatic N) is 1. The number of piperidine rings is 1. The van der Waals surface area contributed by atoms with Crippen molar-refractivity contribution < 1.29 is 4.12 Å². The van der Waals surface area contributed by atoms with Crippen LogP contribution in [0.25, 0.3) is 0 Å². The lowest BCUT2D eigenvalue weighted by molar-refractivity contribution is 0.202. The Bertz CT molecular complexity index is 226. The summed E-state index contributed by atoms with van der Waals surface area (Å²) in [6.07, 6.45) is 4.01. The molecule has 0 aromatic carbocycles. The highest BCUT2D eigenvalue weighted by molar-refractivity contribution is 6.84. The SMILES string of the molecule is CC1CCCN(C[Si](C)(C)O[Si](C)(C)C)C1. The molecule has 1 atom stereocenters. The molecule has 0 aliphatic carbocycles. The highest BCUT2D eigenvalue weighted by Gasteiger charge is 2.32. The summed E-state index contributed by atoms with van der Waals surface area (Å²) in [5.41, 5.74) is 0. The first-order valence-electron chi connectivity index (χ1n) is 6.60. The molecule has 1 saturated heterocycles. The standard InChI is InChI=1S/C12H29NOSi2/c1-12-8-7-9-13(10-12)11-16(5,6)14-15(2,3)4/h12H,7-11H2,1-6H3. The van der Waals surface area contributed by atoms with E-state index in [-0.39, 0.29) is 0 Å². The lowest BCUT2D eigenvalue weighted by Crippen LogP contribution is -2.52. The Morgan fingerprint density at radius 2 is 1.81 bits per heavy atom. The molecule has 0 amide bonds. The van der Waals surface area contributed by atoms with Crippen molar-refractivity contribution in [3.05, 3.63) is 0 Å². The van der Waals surface area contributed by atoms with Crippen LogP contribution in [0.5, 0.6) is 0 Å². The number of hydrogen-bond acceptors (Lipinski definition) is 2. The molecule has 96 valence electrons. The highest BCUT2D eigenvalue weighted by Crippen LogP contribution is 2.20. The van der Waals surface area contributed by atoms with Crippen molar-refractivity contribution in [1.82, 2.24) is 4.90 Å². The molecule has 0 saturated carbocycles. The van der Waals surface area contributed by atoms with Gasteiger partial charge in [0.05, 0.1) is 0 Å². The molecular weight excluding hydrogens is 230 g/mol. The van der Waals surface area contributed by atoms with Crippen LogP contribution < -0.4 is 0 Å². The summed E-state index contributed by atoms with van der Waals surface area (Å²) < 4.78 is 6.40. The van der Waals surface area contributed by atoms with Crippen LogP contribution in [0.15, 0.2) is 0 Å². The first kappa shape index (κ1) is 14.4. The predicted octanol–water partition coefficient (Wildman–Crippen LogP) is 3.31. The number of hydrogen-bond donors (Lipinski definition) is 0. The van der Waals surface area contributed by atoms with Crippen molar-refractivity contribution in [2.24, 2.45) is 5.92 Å². The Labute approximate surface area is 104 Å². The van der Waals surface area contributed by atoms with Crippen molar-refractivity contribution in [1.29, 1.82) is 0 Å². The van der Waals surface area contributed by atoms with Gasteiger partial charge in [-0.2, -0.15) is 0 Å². The highest BCUT2D eigenvalue weighted by atomic mass is 28.4. The van der Waals surface area contributed by atoms with Gasteiger partial charge >= 0.3 is 0 Å². The Morgan fingerprint density at radius 3 is 2.31 bits per heavy atom. The van der Waals surface area contributed by atoms with Crippen LogP contribution in [0.4, 0.5) is 0 Å². The van der Waals surface area contributed by atoms with Crippen LogP contribution in [-0.2, 0) is 4.12 Å². The molecule has 0 spiro atoms. The quantitative estimate of drug-likeness (QED) is 0.718. The molecule has 0 radical (unpaired) electrons. The van der Waals surface area contributed by atoms with E-state index in [0.717, 1.165) is 5.92 Å². The zero-order valence-electron chi connectivity index (χ0n) is 12.0. The smallest absolute Gasteiger partial charge is 0.187 e. The molecule has 0 N–H and O–H groups in total. The van der Waals surface area contributed by atoms with E-state index < -0.39 is 16.6 Å². The third-order valence-corrected chi connectivity index (χ3v) is 8.80. The molecule has 1 heterocycles. The first-order chi connectivity index (χ1) is 7.18. The average molecular weight is 260 g/mol. The molecule has 1 fully saturated rings.